The molecule has 0 spiro atoms. The fourth-order valence-electron chi connectivity index (χ4n) is 1.59. The summed E-state index contributed by atoms with van der Waals surface area (Å²) in [5.41, 5.74) is 2.71. The molecule has 0 unspecified atom stereocenters. The third kappa shape index (κ3) is 3.34. The zero-order chi connectivity index (χ0) is 12.3. The van der Waals surface area contributed by atoms with E-state index in [-0.39, 0.29) is 5.41 Å². The average molecular weight is 246 g/mol. The summed E-state index contributed by atoms with van der Waals surface area (Å²) in [6, 6.07) is 10.5. The first-order valence-electron chi connectivity index (χ1n) is 5.80. The molecule has 0 aliphatic heterocycles. The molecule has 0 radical (unpaired) electrons. The van der Waals surface area contributed by atoms with Gasteiger partial charge in [0.15, 0.2) is 0 Å². The maximum Gasteiger partial charge on any atom is 0.120 e. The van der Waals surface area contributed by atoms with Crippen LogP contribution in [0.3, 0.4) is 0 Å². The number of hydrogen-bond donors (Lipinski definition) is 0. The van der Waals surface area contributed by atoms with Gasteiger partial charge in [-0.2, -0.15) is 11.3 Å². The van der Waals surface area contributed by atoms with Crippen LogP contribution in [0.2, 0.25) is 0 Å². The van der Waals surface area contributed by atoms with Gasteiger partial charge in [0, 0.05) is 0 Å². The van der Waals surface area contributed by atoms with Crippen LogP contribution in [0, 0.1) is 0 Å². The second-order valence-electron chi connectivity index (χ2n) is 5.20. The first-order chi connectivity index (χ1) is 8.05. The molecule has 0 fully saturated rings. The van der Waals surface area contributed by atoms with Gasteiger partial charge in [-0.15, -0.1) is 0 Å². The van der Waals surface area contributed by atoms with Crippen molar-refractivity contribution in [1.29, 1.82) is 0 Å². The Kier molecular flexibility index (Phi) is 3.53. The van der Waals surface area contributed by atoms with Crippen LogP contribution in [0.4, 0.5) is 0 Å². The Morgan fingerprint density at radius 2 is 2.00 bits per heavy atom. The summed E-state index contributed by atoms with van der Waals surface area (Å²) >= 11 is 1.70. The molecule has 2 aromatic rings. The van der Waals surface area contributed by atoms with Crippen LogP contribution in [-0.4, -0.2) is 0 Å². The molecule has 0 atom stereocenters. The molecule has 0 aliphatic rings. The first kappa shape index (κ1) is 12.2. The van der Waals surface area contributed by atoms with Crippen molar-refractivity contribution >= 4 is 11.3 Å². The monoisotopic (exact) mass is 246 g/mol. The third-order valence-corrected chi connectivity index (χ3v) is 3.42. The minimum absolute atomic E-state index is 0.168. The Hall–Kier alpha value is -1.28. The highest BCUT2D eigenvalue weighted by atomic mass is 32.1. The number of rotatable bonds is 3. The molecule has 0 N–H and O–H groups in total. The average Bonchev–Trinajstić information content (AvgIpc) is 2.78. The van der Waals surface area contributed by atoms with E-state index >= 15 is 0 Å². The molecule has 0 aliphatic carbocycles. The Labute approximate surface area is 107 Å². The van der Waals surface area contributed by atoms with Crippen molar-refractivity contribution in [3.05, 3.63) is 52.2 Å². The Bertz CT molecular complexity index is 466. The van der Waals surface area contributed by atoms with Gasteiger partial charge in [0.1, 0.15) is 12.4 Å². The van der Waals surface area contributed by atoms with Gasteiger partial charge < -0.3 is 4.74 Å². The summed E-state index contributed by atoms with van der Waals surface area (Å²) in [6.45, 7) is 7.29. The quantitative estimate of drug-likeness (QED) is 0.767. The van der Waals surface area contributed by atoms with E-state index in [2.05, 4.69) is 55.8 Å². The number of benzene rings is 1. The summed E-state index contributed by atoms with van der Waals surface area (Å²) in [5.74, 6) is 0.948. The predicted molar refractivity (Wildman–Crippen MR) is 73.8 cm³/mol. The van der Waals surface area contributed by atoms with E-state index in [0.717, 1.165) is 5.75 Å². The molecular formula is C15H18OS. The number of hydrogen-bond acceptors (Lipinski definition) is 2. The van der Waals surface area contributed by atoms with Crippen LogP contribution in [-0.2, 0) is 12.0 Å². The molecule has 0 bridgehead atoms. The van der Waals surface area contributed by atoms with E-state index < -0.39 is 0 Å². The Morgan fingerprint density at radius 3 is 2.65 bits per heavy atom. The van der Waals surface area contributed by atoms with Gasteiger partial charge in [0.2, 0.25) is 0 Å². The summed E-state index contributed by atoms with van der Waals surface area (Å²) in [5, 5.41) is 4.19. The molecule has 2 rings (SSSR count). The predicted octanol–water partition coefficient (Wildman–Crippen LogP) is 4.62. The second kappa shape index (κ2) is 4.92. The largest absolute Gasteiger partial charge is 0.489 e. The molecule has 90 valence electrons. The van der Waals surface area contributed by atoms with Gasteiger partial charge in [-0.25, -0.2) is 0 Å². The zero-order valence-corrected chi connectivity index (χ0v) is 11.4. The van der Waals surface area contributed by atoms with Gasteiger partial charge in [0.25, 0.3) is 0 Å². The third-order valence-electron chi connectivity index (χ3n) is 2.69. The molecule has 2 heteroatoms. The van der Waals surface area contributed by atoms with Gasteiger partial charge in [-0.1, -0.05) is 32.9 Å². The Morgan fingerprint density at radius 1 is 1.18 bits per heavy atom. The lowest BCUT2D eigenvalue weighted by Crippen LogP contribution is -2.10. The summed E-state index contributed by atoms with van der Waals surface area (Å²) in [4.78, 5) is 0. The fraction of sp³-hybridized carbons (Fsp3) is 0.333. The van der Waals surface area contributed by atoms with Crippen LogP contribution in [0.1, 0.15) is 31.9 Å². The van der Waals surface area contributed by atoms with E-state index in [1.807, 2.05) is 6.07 Å². The van der Waals surface area contributed by atoms with Crippen molar-refractivity contribution in [2.45, 2.75) is 32.8 Å². The maximum absolute atomic E-state index is 5.79. The zero-order valence-electron chi connectivity index (χ0n) is 10.6. The molecular weight excluding hydrogens is 228 g/mol. The van der Waals surface area contributed by atoms with E-state index in [0.29, 0.717) is 6.61 Å². The van der Waals surface area contributed by atoms with E-state index in [9.17, 15) is 0 Å². The van der Waals surface area contributed by atoms with Crippen LogP contribution >= 0.6 is 11.3 Å². The first-order valence-corrected chi connectivity index (χ1v) is 6.74. The minimum Gasteiger partial charge on any atom is -0.489 e. The second-order valence-corrected chi connectivity index (χ2v) is 5.98. The normalized spacial score (nSPS) is 11.5. The van der Waals surface area contributed by atoms with Crippen molar-refractivity contribution in [1.82, 2.24) is 0 Å². The van der Waals surface area contributed by atoms with Crippen molar-refractivity contribution in [3.63, 3.8) is 0 Å². The standard InChI is InChI=1S/C15H18OS/c1-15(2,3)13-5-4-6-14(9-13)16-10-12-7-8-17-11-12/h4-9,11H,10H2,1-3H3. The lowest BCUT2D eigenvalue weighted by Gasteiger charge is -2.19. The van der Waals surface area contributed by atoms with Crippen molar-refractivity contribution in [3.8, 4) is 5.75 Å². The van der Waals surface area contributed by atoms with Crippen LogP contribution in [0.15, 0.2) is 41.1 Å². The molecule has 1 aromatic heterocycles. The topological polar surface area (TPSA) is 9.23 Å². The van der Waals surface area contributed by atoms with Gasteiger partial charge in [0.05, 0.1) is 0 Å². The molecule has 0 saturated heterocycles. The van der Waals surface area contributed by atoms with Crippen LogP contribution in [0.5, 0.6) is 5.75 Å². The molecule has 1 aromatic carbocycles. The molecule has 17 heavy (non-hydrogen) atoms. The van der Waals surface area contributed by atoms with Crippen molar-refractivity contribution in [2.24, 2.45) is 0 Å². The number of thiophene rings is 1. The van der Waals surface area contributed by atoms with Gasteiger partial charge >= 0.3 is 0 Å². The molecule has 0 amide bonds. The highest BCUT2D eigenvalue weighted by molar-refractivity contribution is 7.07. The smallest absolute Gasteiger partial charge is 0.120 e. The van der Waals surface area contributed by atoms with Crippen molar-refractivity contribution < 1.29 is 4.74 Å². The van der Waals surface area contributed by atoms with Crippen LogP contribution in [0.25, 0.3) is 0 Å². The van der Waals surface area contributed by atoms with E-state index in [1.165, 1.54) is 11.1 Å². The maximum atomic E-state index is 5.79. The Balaban J connectivity index is 2.07. The van der Waals surface area contributed by atoms with E-state index in [1.54, 1.807) is 11.3 Å². The summed E-state index contributed by atoms with van der Waals surface area (Å²) in [7, 11) is 0. The van der Waals surface area contributed by atoms with Gasteiger partial charge in [-0.05, 0) is 45.5 Å². The molecule has 0 saturated carbocycles. The lowest BCUT2D eigenvalue weighted by atomic mass is 9.87. The van der Waals surface area contributed by atoms with Crippen molar-refractivity contribution in [2.75, 3.05) is 0 Å². The number of ether oxygens (including phenoxy) is 1. The van der Waals surface area contributed by atoms with Gasteiger partial charge in [-0.3, -0.25) is 0 Å². The summed E-state index contributed by atoms with van der Waals surface area (Å²) in [6.07, 6.45) is 0. The summed E-state index contributed by atoms with van der Waals surface area (Å²) < 4.78 is 5.79. The molecule has 1 nitrogen and oxygen atoms in total. The molecule has 1 heterocycles. The minimum atomic E-state index is 0.168. The van der Waals surface area contributed by atoms with Crippen LogP contribution < -0.4 is 4.74 Å². The fourth-order valence-corrected chi connectivity index (χ4v) is 2.25. The highest BCUT2D eigenvalue weighted by Crippen LogP contribution is 2.26. The highest BCUT2D eigenvalue weighted by Gasteiger charge is 2.13. The SMILES string of the molecule is CC(C)(C)c1cccc(OCc2ccsc2)c1. The lowest BCUT2D eigenvalue weighted by molar-refractivity contribution is 0.306. The van der Waals surface area contributed by atoms with E-state index in [4.69, 9.17) is 4.74 Å².